The van der Waals surface area contributed by atoms with Crippen LogP contribution in [0.25, 0.3) is 0 Å². The summed E-state index contributed by atoms with van der Waals surface area (Å²) in [6.45, 7) is 1.68. The van der Waals surface area contributed by atoms with Gasteiger partial charge in [0.05, 0.1) is 0 Å². The van der Waals surface area contributed by atoms with E-state index >= 15 is 0 Å². The Hall–Kier alpha value is -2.67. The molecule has 0 saturated carbocycles. The lowest BCUT2D eigenvalue weighted by Gasteiger charge is -2.31. The summed E-state index contributed by atoms with van der Waals surface area (Å²) in [5, 5.41) is 9.36. The van der Waals surface area contributed by atoms with Gasteiger partial charge in [0.15, 0.2) is 23.6 Å². The Balaban J connectivity index is 1.39. The SMILES string of the molecule is O=C(c1ccc(O)cc1)C1CCN(C(=O)c2ncoc2[C@@H]2CCCO2)CC1. The Labute approximate surface area is 156 Å². The largest absolute Gasteiger partial charge is 0.508 e. The van der Waals surface area contributed by atoms with Gasteiger partial charge < -0.3 is 19.2 Å². The predicted molar refractivity (Wildman–Crippen MR) is 95.5 cm³/mol. The maximum absolute atomic E-state index is 12.9. The fraction of sp³-hybridized carbons (Fsp3) is 0.450. The van der Waals surface area contributed by atoms with Gasteiger partial charge in [-0.25, -0.2) is 4.98 Å². The van der Waals surface area contributed by atoms with E-state index in [0.29, 0.717) is 49.6 Å². The second-order valence-corrected chi connectivity index (χ2v) is 7.04. The van der Waals surface area contributed by atoms with E-state index in [0.717, 1.165) is 12.8 Å². The number of oxazole rings is 1. The lowest BCUT2D eigenvalue weighted by atomic mass is 9.88. The number of hydrogen-bond acceptors (Lipinski definition) is 6. The molecule has 142 valence electrons. The van der Waals surface area contributed by atoms with Crippen LogP contribution >= 0.6 is 0 Å². The number of ketones is 1. The Kier molecular flexibility index (Phi) is 4.94. The first kappa shape index (κ1) is 17.7. The third-order valence-electron chi connectivity index (χ3n) is 5.32. The van der Waals surface area contributed by atoms with Gasteiger partial charge in [-0.3, -0.25) is 9.59 Å². The highest BCUT2D eigenvalue weighted by Gasteiger charge is 2.33. The first-order valence-corrected chi connectivity index (χ1v) is 9.31. The zero-order valence-corrected chi connectivity index (χ0v) is 15.0. The van der Waals surface area contributed by atoms with Gasteiger partial charge in [0.1, 0.15) is 11.9 Å². The van der Waals surface area contributed by atoms with Gasteiger partial charge >= 0.3 is 0 Å². The molecule has 0 aliphatic carbocycles. The van der Waals surface area contributed by atoms with Crippen molar-refractivity contribution in [1.82, 2.24) is 9.88 Å². The number of carbonyl (C=O) groups excluding carboxylic acids is 2. The van der Waals surface area contributed by atoms with Crippen LogP contribution < -0.4 is 0 Å². The van der Waals surface area contributed by atoms with Gasteiger partial charge in [0.2, 0.25) is 0 Å². The average molecular weight is 370 g/mol. The number of phenolic OH excluding ortho intramolecular Hbond substituents is 1. The molecule has 1 amide bonds. The Bertz CT molecular complexity index is 815. The molecular weight excluding hydrogens is 348 g/mol. The summed E-state index contributed by atoms with van der Waals surface area (Å²) in [5.74, 6) is 0.434. The van der Waals surface area contributed by atoms with Crippen LogP contribution in [-0.4, -0.2) is 46.4 Å². The van der Waals surface area contributed by atoms with Crippen molar-refractivity contribution in [1.29, 1.82) is 0 Å². The monoisotopic (exact) mass is 370 g/mol. The number of piperidine rings is 1. The van der Waals surface area contributed by atoms with Crippen LogP contribution in [0.2, 0.25) is 0 Å². The number of amides is 1. The number of phenols is 1. The van der Waals surface area contributed by atoms with E-state index in [1.54, 1.807) is 17.0 Å². The van der Waals surface area contributed by atoms with Crippen molar-refractivity contribution in [2.75, 3.05) is 19.7 Å². The molecule has 0 radical (unpaired) electrons. The molecule has 3 heterocycles. The van der Waals surface area contributed by atoms with Crippen LogP contribution in [0.3, 0.4) is 0 Å². The van der Waals surface area contributed by atoms with Gasteiger partial charge in [0.25, 0.3) is 5.91 Å². The van der Waals surface area contributed by atoms with Crippen molar-refractivity contribution in [3.63, 3.8) is 0 Å². The highest BCUT2D eigenvalue weighted by molar-refractivity contribution is 5.98. The molecule has 0 bridgehead atoms. The van der Waals surface area contributed by atoms with Gasteiger partial charge in [-0.05, 0) is 49.9 Å². The summed E-state index contributed by atoms with van der Waals surface area (Å²) in [4.78, 5) is 31.3. The minimum atomic E-state index is -0.194. The molecule has 2 saturated heterocycles. The van der Waals surface area contributed by atoms with Crippen LogP contribution in [0.1, 0.15) is 58.4 Å². The molecule has 1 aromatic heterocycles. The van der Waals surface area contributed by atoms with Crippen LogP contribution in [-0.2, 0) is 4.74 Å². The zero-order chi connectivity index (χ0) is 18.8. The molecule has 27 heavy (non-hydrogen) atoms. The first-order valence-electron chi connectivity index (χ1n) is 9.31. The minimum Gasteiger partial charge on any atom is -0.508 e. The van der Waals surface area contributed by atoms with Crippen molar-refractivity contribution in [3.8, 4) is 5.75 Å². The number of aromatic hydroxyl groups is 1. The second kappa shape index (κ2) is 7.52. The summed E-state index contributed by atoms with van der Waals surface area (Å²) >= 11 is 0. The molecule has 2 aromatic rings. The van der Waals surface area contributed by atoms with Crippen molar-refractivity contribution in [2.24, 2.45) is 5.92 Å². The molecule has 0 spiro atoms. The fourth-order valence-electron chi connectivity index (χ4n) is 3.78. The summed E-state index contributed by atoms with van der Waals surface area (Å²) < 4.78 is 11.0. The van der Waals surface area contributed by atoms with E-state index in [1.165, 1.54) is 18.5 Å². The van der Waals surface area contributed by atoms with Crippen molar-refractivity contribution >= 4 is 11.7 Å². The Morgan fingerprint density at radius 2 is 1.85 bits per heavy atom. The molecule has 2 fully saturated rings. The quantitative estimate of drug-likeness (QED) is 0.832. The number of Topliss-reactive ketones (excluding diaryl/α,β-unsaturated/α-hetero) is 1. The standard InChI is InChI=1S/C20H22N2O5/c23-15-5-3-13(4-6-15)18(24)14-7-9-22(10-8-14)20(25)17-19(27-12-21-17)16-2-1-11-26-16/h3-6,12,14,16,23H,1-2,7-11H2/t16-/m0/s1. The average Bonchev–Trinajstić information content (AvgIpc) is 3.39. The van der Waals surface area contributed by atoms with Crippen molar-refractivity contribution in [2.45, 2.75) is 31.8 Å². The predicted octanol–water partition coefficient (Wildman–Crippen LogP) is 2.97. The number of benzene rings is 1. The van der Waals surface area contributed by atoms with E-state index in [9.17, 15) is 14.7 Å². The summed E-state index contributed by atoms with van der Waals surface area (Å²) in [6.07, 6.45) is 4.10. The van der Waals surface area contributed by atoms with E-state index in [4.69, 9.17) is 9.15 Å². The molecule has 7 nitrogen and oxygen atoms in total. The summed E-state index contributed by atoms with van der Waals surface area (Å²) in [6, 6.07) is 6.31. The van der Waals surface area contributed by atoms with E-state index in [-0.39, 0.29) is 29.5 Å². The fourth-order valence-corrected chi connectivity index (χ4v) is 3.78. The molecule has 7 heteroatoms. The molecule has 0 unspecified atom stereocenters. The third kappa shape index (κ3) is 3.60. The maximum Gasteiger partial charge on any atom is 0.276 e. The Morgan fingerprint density at radius 3 is 2.52 bits per heavy atom. The van der Waals surface area contributed by atoms with Crippen molar-refractivity contribution in [3.05, 3.63) is 47.7 Å². The molecule has 1 atom stereocenters. The first-order chi connectivity index (χ1) is 13.1. The number of ether oxygens (including phenoxy) is 1. The number of hydrogen-bond donors (Lipinski definition) is 1. The number of carbonyl (C=O) groups is 2. The molecule has 1 aromatic carbocycles. The highest BCUT2D eigenvalue weighted by atomic mass is 16.5. The van der Waals surface area contributed by atoms with Gasteiger partial charge in [-0.15, -0.1) is 0 Å². The number of nitrogens with zero attached hydrogens (tertiary/aromatic N) is 2. The molecule has 4 rings (SSSR count). The third-order valence-corrected chi connectivity index (χ3v) is 5.32. The summed E-state index contributed by atoms with van der Waals surface area (Å²) in [7, 11) is 0. The number of rotatable bonds is 4. The van der Waals surface area contributed by atoms with Crippen LogP contribution in [0, 0.1) is 5.92 Å². The summed E-state index contributed by atoms with van der Waals surface area (Å²) in [5.41, 5.74) is 0.917. The van der Waals surface area contributed by atoms with Gasteiger partial charge in [-0.2, -0.15) is 0 Å². The van der Waals surface area contributed by atoms with E-state index in [1.807, 2.05) is 0 Å². The van der Waals surface area contributed by atoms with Crippen LogP contribution in [0.4, 0.5) is 0 Å². The smallest absolute Gasteiger partial charge is 0.276 e. The van der Waals surface area contributed by atoms with Gasteiger partial charge in [0, 0.05) is 31.2 Å². The number of aromatic nitrogens is 1. The lowest BCUT2D eigenvalue weighted by molar-refractivity contribution is 0.0625. The van der Waals surface area contributed by atoms with Crippen LogP contribution in [0.15, 0.2) is 35.1 Å². The topological polar surface area (TPSA) is 92.9 Å². The molecular formula is C20H22N2O5. The van der Waals surface area contributed by atoms with Gasteiger partial charge in [-0.1, -0.05) is 0 Å². The maximum atomic E-state index is 12.9. The zero-order valence-electron chi connectivity index (χ0n) is 15.0. The van der Waals surface area contributed by atoms with Crippen molar-refractivity contribution < 1.29 is 23.8 Å². The van der Waals surface area contributed by atoms with E-state index < -0.39 is 0 Å². The Morgan fingerprint density at radius 1 is 1.11 bits per heavy atom. The minimum absolute atomic E-state index is 0.0589. The molecule has 1 N–H and O–H groups in total. The highest BCUT2D eigenvalue weighted by Crippen LogP contribution is 2.32. The second-order valence-electron chi connectivity index (χ2n) is 7.04. The normalized spacial score (nSPS) is 20.7. The molecule has 2 aliphatic heterocycles. The lowest BCUT2D eigenvalue weighted by Crippen LogP contribution is -2.40. The number of likely N-dealkylation sites (tertiary alicyclic amines) is 1. The van der Waals surface area contributed by atoms with E-state index in [2.05, 4.69) is 4.98 Å². The van der Waals surface area contributed by atoms with Crippen LogP contribution in [0.5, 0.6) is 5.75 Å². The molecule has 2 aliphatic rings.